The zero-order chi connectivity index (χ0) is 11.8. The molecule has 0 bridgehead atoms. The fraction of sp³-hybridized carbons (Fsp3) is 0. The number of H-pyrrole nitrogens is 1. The highest BCUT2D eigenvalue weighted by Crippen LogP contribution is 2.29. The van der Waals surface area contributed by atoms with Crippen molar-refractivity contribution in [1.29, 1.82) is 0 Å². The van der Waals surface area contributed by atoms with E-state index < -0.39 is 0 Å². The third kappa shape index (κ3) is 1.99. The second kappa shape index (κ2) is 4.21. The fourth-order valence-electron chi connectivity index (χ4n) is 1.93. The van der Waals surface area contributed by atoms with Crippen molar-refractivity contribution in [1.82, 2.24) is 4.98 Å². The van der Waals surface area contributed by atoms with Crippen LogP contribution in [0, 0.1) is 0 Å². The van der Waals surface area contributed by atoms with Crippen LogP contribution in [-0.4, -0.2) is 4.98 Å². The zero-order valence-corrected chi connectivity index (χ0v) is 11.2. The molecule has 0 radical (unpaired) electrons. The van der Waals surface area contributed by atoms with Crippen LogP contribution in [0.4, 0.5) is 0 Å². The van der Waals surface area contributed by atoms with Crippen molar-refractivity contribution >= 4 is 38.4 Å². The summed E-state index contributed by atoms with van der Waals surface area (Å²) in [7, 11) is 0. The summed E-state index contributed by atoms with van der Waals surface area (Å²) in [4.78, 5) is 3.40. The number of nitrogens with one attached hydrogen (secondary N) is 1. The second-order valence-electron chi connectivity index (χ2n) is 3.90. The predicted octanol–water partition coefficient (Wildman–Crippen LogP) is 5.25. The summed E-state index contributed by atoms with van der Waals surface area (Å²) in [5, 5.41) is 1.94. The molecule has 17 heavy (non-hydrogen) atoms. The van der Waals surface area contributed by atoms with Crippen LogP contribution in [0.15, 0.2) is 53.0 Å². The number of para-hydroxylation sites is 1. The third-order valence-corrected chi connectivity index (χ3v) is 3.64. The number of halogens is 2. The number of rotatable bonds is 1. The lowest BCUT2D eigenvalue weighted by atomic mass is 10.1. The number of hydrogen-bond acceptors (Lipinski definition) is 0. The largest absolute Gasteiger partial charge is 0.354 e. The Balaban J connectivity index is 2.22. The Morgan fingerprint density at radius 3 is 2.59 bits per heavy atom. The molecule has 2 aromatic carbocycles. The highest BCUT2D eigenvalue weighted by Gasteiger charge is 2.05. The van der Waals surface area contributed by atoms with E-state index in [2.05, 4.69) is 33.0 Å². The van der Waals surface area contributed by atoms with E-state index >= 15 is 0 Å². The van der Waals surface area contributed by atoms with Gasteiger partial charge in [0, 0.05) is 20.6 Å². The standard InChI is InChI=1S/C14H9BrClN/c15-12-6-2-4-10-8-13(17-14(10)12)9-3-1-5-11(16)7-9/h1-8,17H. The van der Waals surface area contributed by atoms with Crippen LogP contribution in [0.3, 0.4) is 0 Å². The van der Waals surface area contributed by atoms with Crippen molar-refractivity contribution < 1.29 is 0 Å². The zero-order valence-electron chi connectivity index (χ0n) is 8.87. The van der Waals surface area contributed by atoms with Crippen molar-refractivity contribution in [2.24, 2.45) is 0 Å². The van der Waals surface area contributed by atoms with Gasteiger partial charge in [-0.25, -0.2) is 0 Å². The third-order valence-electron chi connectivity index (χ3n) is 2.74. The first-order chi connectivity index (χ1) is 8.24. The summed E-state index contributed by atoms with van der Waals surface area (Å²) in [5.41, 5.74) is 3.29. The Bertz CT molecular complexity index is 688. The summed E-state index contributed by atoms with van der Waals surface area (Å²) >= 11 is 9.54. The molecule has 3 heteroatoms. The van der Waals surface area contributed by atoms with Gasteiger partial charge in [-0.15, -0.1) is 0 Å². The molecule has 0 amide bonds. The van der Waals surface area contributed by atoms with Crippen molar-refractivity contribution in [3.05, 3.63) is 58.0 Å². The van der Waals surface area contributed by atoms with E-state index in [0.717, 1.165) is 26.3 Å². The number of aromatic amines is 1. The van der Waals surface area contributed by atoms with E-state index in [1.165, 1.54) is 5.39 Å². The van der Waals surface area contributed by atoms with Crippen LogP contribution in [0.5, 0.6) is 0 Å². The smallest absolute Gasteiger partial charge is 0.0603 e. The Hall–Kier alpha value is -1.25. The Morgan fingerprint density at radius 1 is 1.00 bits per heavy atom. The summed E-state index contributed by atoms with van der Waals surface area (Å²) in [6.07, 6.45) is 0. The van der Waals surface area contributed by atoms with Crippen LogP contribution in [0.25, 0.3) is 22.2 Å². The van der Waals surface area contributed by atoms with E-state index in [9.17, 15) is 0 Å². The lowest BCUT2D eigenvalue weighted by Gasteiger charge is -1.97. The average Bonchev–Trinajstić information content (AvgIpc) is 2.74. The van der Waals surface area contributed by atoms with Gasteiger partial charge in [-0.2, -0.15) is 0 Å². The number of aromatic nitrogens is 1. The maximum Gasteiger partial charge on any atom is 0.0603 e. The first kappa shape index (κ1) is 10.9. The maximum absolute atomic E-state index is 6.00. The van der Waals surface area contributed by atoms with E-state index in [4.69, 9.17) is 11.6 Å². The first-order valence-electron chi connectivity index (χ1n) is 5.27. The van der Waals surface area contributed by atoms with Crippen LogP contribution in [-0.2, 0) is 0 Å². The van der Waals surface area contributed by atoms with Gasteiger partial charge in [-0.3, -0.25) is 0 Å². The first-order valence-corrected chi connectivity index (χ1v) is 6.44. The molecular formula is C14H9BrClN. The lowest BCUT2D eigenvalue weighted by Crippen LogP contribution is -1.76. The van der Waals surface area contributed by atoms with Gasteiger partial charge in [0.05, 0.1) is 5.52 Å². The molecule has 0 aliphatic heterocycles. The lowest BCUT2D eigenvalue weighted by molar-refractivity contribution is 1.44. The molecule has 0 saturated heterocycles. The number of hydrogen-bond donors (Lipinski definition) is 1. The number of fused-ring (bicyclic) bond motifs is 1. The van der Waals surface area contributed by atoms with Crippen molar-refractivity contribution in [2.45, 2.75) is 0 Å². The fourth-order valence-corrected chi connectivity index (χ4v) is 2.60. The van der Waals surface area contributed by atoms with Crippen molar-refractivity contribution in [3.63, 3.8) is 0 Å². The minimum Gasteiger partial charge on any atom is -0.354 e. The molecule has 0 aliphatic rings. The van der Waals surface area contributed by atoms with E-state index in [-0.39, 0.29) is 0 Å². The monoisotopic (exact) mass is 305 g/mol. The van der Waals surface area contributed by atoms with Gasteiger partial charge < -0.3 is 4.98 Å². The molecule has 1 nitrogen and oxygen atoms in total. The topological polar surface area (TPSA) is 15.8 Å². The quantitative estimate of drug-likeness (QED) is 0.632. The molecule has 0 saturated carbocycles. The Labute approximate surface area is 113 Å². The van der Waals surface area contributed by atoms with Gasteiger partial charge in [-0.05, 0) is 45.8 Å². The molecule has 0 atom stereocenters. The SMILES string of the molecule is Clc1cccc(-c2cc3cccc(Br)c3[nH]2)c1. The van der Waals surface area contributed by atoms with Crippen molar-refractivity contribution in [2.75, 3.05) is 0 Å². The van der Waals surface area contributed by atoms with Crippen LogP contribution < -0.4 is 0 Å². The van der Waals surface area contributed by atoms with E-state index in [1.807, 2.05) is 36.4 Å². The molecule has 1 N–H and O–H groups in total. The van der Waals surface area contributed by atoms with E-state index in [0.29, 0.717) is 0 Å². The summed E-state index contributed by atoms with van der Waals surface area (Å²) in [5.74, 6) is 0. The minimum absolute atomic E-state index is 0.750. The maximum atomic E-state index is 6.00. The molecule has 0 unspecified atom stereocenters. The van der Waals surface area contributed by atoms with Crippen molar-refractivity contribution in [3.8, 4) is 11.3 Å². The molecule has 0 fully saturated rings. The molecule has 0 spiro atoms. The number of benzene rings is 2. The molecule has 84 valence electrons. The van der Waals surface area contributed by atoms with Gasteiger partial charge in [0.15, 0.2) is 0 Å². The van der Waals surface area contributed by atoms with Crippen LogP contribution in [0.1, 0.15) is 0 Å². The van der Waals surface area contributed by atoms with Gasteiger partial charge in [0.2, 0.25) is 0 Å². The Kier molecular flexibility index (Phi) is 2.69. The van der Waals surface area contributed by atoms with Gasteiger partial charge >= 0.3 is 0 Å². The summed E-state index contributed by atoms with van der Waals surface area (Å²) in [6.45, 7) is 0. The molecule has 3 aromatic rings. The second-order valence-corrected chi connectivity index (χ2v) is 5.19. The highest BCUT2D eigenvalue weighted by atomic mass is 79.9. The molecular weight excluding hydrogens is 298 g/mol. The normalized spacial score (nSPS) is 10.9. The predicted molar refractivity (Wildman–Crippen MR) is 76.4 cm³/mol. The molecule has 3 rings (SSSR count). The molecule has 0 aliphatic carbocycles. The van der Waals surface area contributed by atoms with Gasteiger partial charge in [0.25, 0.3) is 0 Å². The summed E-state index contributed by atoms with van der Waals surface area (Å²) < 4.78 is 1.07. The molecule has 1 heterocycles. The van der Waals surface area contributed by atoms with Gasteiger partial charge in [-0.1, -0.05) is 35.9 Å². The van der Waals surface area contributed by atoms with E-state index in [1.54, 1.807) is 0 Å². The van der Waals surface area contributed by atoms with Crippen LogP contribution in [0.2, 0.25) is 5.02 Å². The van der Waals surface area contributed by atoms with Gasteiger partial charge in [0.1, 0.15) is 0 Å². The molecule has 1 aromatic heterocycles. The Morgan fingerprint density at radius 2 is 1.82 bits per heavy atom. The summed E-state index contributed by atoms with van der Waals surface area (Å²) in [6, 6.07) is 16.1. The highest BCUT2D eigenvalue weighted by molar-refractivity contribution is 9.10. The minimum atomic E-state index is 0.750. The average molecular weight is 307 g/mol. The van der Waals surface area contributed by atoms with Crippen LogP contribution >= 0.6 is 27.5 Å².